The van der Waals surface area contributed by atoms with Crippen LogP contribution in [0.15, 0.2) is 53.4 Å². The van der Waals surface area contributed by atoms with Crippen molar-refractivity contribution in [2.24, 2.45) is 0 Å². The van der Waals surface area contributed by atoms with E-state index < -0.39 is 38.2 Å². The molecule has 0 unspecified atom stereocenters. The van der Waals surface area contributed by atoms with Gasteiger partial charge in [-0.2, -0.15) is 0 Å². The van der Waals surface area contributed by atoms with Gasteiger partial charge in [0.25, 0.3) is 0 Å². The molecule has 1 N–H and O–H groups in total. The summed E-state index contributed by atoms with van der Waals surface area (Å²) in [5.74, 6) is -0.713. The van der Waals surface area contributed by atoms with Gasteiger partial charge in [0.2, 0.25) is 0 Å². The van der Waals surface area contributed by atoms with Gasteiger partial charge in [-0.05, 0) is 52.3 Å². The summed E-state index contributed by atoms with van der Waals surface area (Å²) < 4.78 is 32.2. The van der Waals surface area contributed by atoms with E-state index in [1.807, 2.05) is 26.0 Å². The quantitative estimate of drug-likeness (QED) is 0.732. The van der Waals surface area contributed by atoms with Crippen molar-refractivity contribution >= 4 is 22.2 Å². The second kappa shape index (κ2) is 7.54. The Morgan fingerprint density at radius 1 is 1.00 bits per heavy atom. The van der Waals surface area contributed by atoms with Gasteiger partial charge in [0.05, 0.1) is 4.90 Å². The number of nitrogens with one attached hydrogen (secondary N) is 1. The third kappa shape index (κ3) is 4.12. The summed E-state index contributed by atoms with van der Waals surface area (Å²) in [6.45, 7) is 8.88. The monoisotopic (exact) mass is 429 g/mol. The predicted molar refractivity (Wildman–Crippen MR) is 114 cm³/mol. The van der Waals surface area contributed by atoms with Crippen LogP contribution in [0.4, 0.5) is 4.79 Å². The number of aryl methyl sites for hydroxylation is 2. The summed E-state index contributed by atoms with van der Waals surface area (Å²) in [5, 5.41) is 1.44. The lowest BCUT2D eigenvalue weighted by Crippen LogP contribution is -2.45. The first kappa shape index (κ1) is 22.0. The Morgan fingerprint density at radius 3 is 1.97 bits per heavy atom. The highest BCUT2D eigenvalue weighted by atomic mass is 32.2. The van der Waals surface area contributed by atoms with Gasteiger partial charge in [0.1, 0.15) is 22.7 Å². The SMILES string of the molecule is Cc1ccc([C@@H]2[C@H](S(=O)(=O)c3ccc(C)cc3)[C@]2(C=O)NC(=O)OC(C)(C)C)cc1. The van der Waals surface area contributed by atoms with E-state index in [-0.39, 0.29) is 4.90 Å². The van der Waals surface area contributed by atoms with Crippen LogP contribution in [-0.4, -0.2) is 37.2 Å². The highest BCUT2D eigenvalue weighted by molar-refractivity contribution is 7.92. The molecule has 1 saturated carbocycles. The number of amides is 1. The van der Waals surface area contributed by atoms with Gasteiger partial charge >= 0.3 is 6.09 Å². The Bertz CT molecular complexity index is 1050. The van der Waals surface area contributed by atoms with E-state index in [0.717, 1.165) is 11.1 Å². The highest BCUT2D eigenvalue weighted by Crippen LogP contribution is 2.56. The van der Waals surface area contributed by atoms with Crippen molar-refractivity contribution in [3.05, 3.63) is 65.2 Å². The van der Waals surface area contributed by atoms with Crippen molar-refractivity contribution in [2.75, 3.05) is 0 Å². The second-order valence-electron chi connectivity index (χ2n) is 8.84. The van der Waals surface area contributed by atoms with Crippen molar-refractivity contribution in [1.29, 1.82) is 0 Å². The summed E-state index contributed by atoms with van der Waals surface area (Å²) in [6, 6.07) is 13.8. The Morgan fingerprint density at radius 2 is 1.50 bits per heavy atom. The van der Waals surface area contributed by atoms with E-state index in [1.165, 1.54) is 12.1 Å². The maximum absolute atomic E-state index is 13.4. The van der Waals surface area contributed by atoms with E-state index in [9.17, 15) is 18.0 Å². The third-order valence-electron chi connectivity index (χ3n) is 5.21. The standard InChI is InChI=1S/C23H27NO5S/c1-15-6-10-17(11-7-15)19-20(30(27,28)18-12-8-16(2)9-13-18)23(19,14-25)24-21(26)29-22(3,4)5/h6-14,19-20H,1-5H3,(H,24,26)/t19-,20+,23-/m1/s1. The molecule has 1 amide bonds. The lowest BCUT2D eigenvalue weighted by Gasteiger charge is -2.22. The normalized spacial score (nSPS) is 23.5. The summed E-state index contributed by atoms with van der Waals surface area (Å²) in [7, 11) is -3.90. The smallest absolute Gasteiger partial charge is 0.408 e. The van der Waals surface area contributed by atoms with Gasteiger partial charge in [-0.15, -0.1) is 0 Å². The van der Waals surface area contributed by atoms with Gasteiger partial charge in [0, 0.05) is 5.92 Å². The van der Waals surface area contributed by atoms with Gasteiger partial charge in [-0.25, -0.2) is 13.2 Å². The van der Waals surface area contributed by atoms with Crippen LogP contribution >= 0.6 is 0 Å². The number of hydrogen-bond acceptors (Lipinski definition) is 5. The number of hydrogen-bond donors (Lipinski definition) is 1. The van der Waals surface area contributed by atoms with Gasteiger partial charge in [0.15, 0.2) is 9.84 Å². The van der Waals surface area contributed by atoms with Gasteiger partial charge in [-0.3, -0.25) is 0 Å². The molecule has 2 aromatic carbocycles. The molecular formula is C23H27NO5S. The van der Waals surface area contributed by atoms with Crippen LogP contribution in [0.5, 0.6) is 0 Å². The van der Waals surface area contributed by atoms with E-state index in [2.05, 4.69) is 5.32 Å². The Balaban J connectivity index is 2.04. The second-order valence-corrected chi connectivity index (χ2v) is 10.9. The molecule has 0 bridgehead atoms. The maximum atomic E-state index is 13.4. The van der Waals surface area contributed by atoms with Crippen molar-refractivity contribution in [2.45, 2.75) is 61.8 Å². The van der Waals surface area contributed by atoms with Crippen LogP contribution in [-0.2, 0) is 19.4 Å². The molecule has 0 spiro atoms. The molecular weight excluding hydrogens is 402 g/mol. The molecule has 3 rings (SSSR count). The van der Waals surface area contributed by atoms with Crippen molar-refractivity contribution in [1.82, 2.24) is 5.32 Å². The van der Waals surface area contributed by atoms with Gasteiger partial charge in [-0.1, -0.05) is 47.5 Å². The Hall–Kier alpha value is -2.67. The lowest BCUT2D eigenvalue weighted by atomic mass is 10.1. The first-order valence-corrected chi connectivity index (χ1v) is 11.3. The lowest BCUT2D eigenvalue weighted by molar-refractivity contribution is -0.110. The fraction of sp³-hybridized carbons (Fsp3) is 0.391. The highest BCUT2D eigenvalue weighted by Gasteiger charge is 2.73. The van der Waals surface area contributed by atoms with Gasteiger partial charge < -0.3 is 14.8 Å². The number of benzene rings is 2. The predicted octanol–water partition coefficient (Wildman–Crippen LogP) is 3.71. The minimum absolute atomic E-state index is 0.116. The Kier molecular flexibility index (Phi) is 5.54. The molecule has 6 nitrogen and oxygen atoms in total. The average Bonchev–Trinajstić information content (AvgIpc) is 3.30. The van der Waals surface area contributed by atoms with Crippen molar-refractivity contribution in [3.63, 3.8) is 0 Å². The van der Waals surface area contributed by atoms with Crippen LogP contribution in [0, 0.1) is 13.8 Å². The molecule has 7 heteroatoms. The molecule has 160 valence electrons. The fourth-order valence-electron chi connectivity index (χ4n) is 3.71. The van der Waals surface area contributed by atoms with E-state index in [0.29, 0.717) is 11.8 Å². The number of carbonyl (C=O) groups excluding carboxylic acids is 2. The molecule has 0 saturated heterocycles. The van der Waals surface area contributed by atoms with E-state index in [1.54, 1.807) is 45.0 Å². The molecule has 3 atom stereocenters. The molecule has 0 radical (unpaired) electrons. The summed E-state index contributed by atoms with van der Waals surface area (Å²) >= 11 is 0. The number of aldehydes is 1. The summed E-state index contributed by atoms with van der Waals surface area (Å²) in [4.78, 5) is 24.8. The van der Waals surface area contributed by atoms with Crippen LogP contribution in [0.2, 0.25) is 0 Å². The molecule has 0 heterocycles. The molecule has 1 aliphatic carbocycles. The maximum Gasteiger partial charge on any atom is 0.408 e. The molecule has 1 fully saturated rings. The molecule has 30 heavy (non-hydrogen) atoms. The first-order chi connectivity index (χ1) is 13.9. The largest absolute Gasteiger partial charge is 0.444 e. The Labute approximate surface area is 177 Å². The average molecular weight is 430 g/mol. The minimum atomic E-state index is -3.90. The van der Waals surface area contributed by atoms with Crippen molar-refractivity contribution < 1.29 is 22.7 Å². The van der Waals surface area contributed by atoms with Crippen LogP contribution in [0.3, 0.4) is 0 Å². The van der Waals surface area contributed by atoms with Crippen LogP contribution in [0.1, 0.15) is 43.4 Å². The van der Waals surface area contributed by atoms with Crippen molar-refractivity contribution in [3.8, 4) is 0 Å². The topological polar surface area (TPSA) is 89.5 Å². The number of sulfone groups is 1. The first-order valence-electron chi connectivity index (χ1n) is 9.75. The fourth-order valence-corrected chi connectivity index (χ4v) is 5.95. The molecule has 0 aliphatic heterocycles. The number of alkyl carbamates (subject to hydrolysis) is 1. The number of carbonyl (C=O) groups is 2. The molecule has 0 aromatic heterocycles. The summed E-state index contributed by atoms with van der Waals surface area (Å²) in [6.07, 6.45) is -0.300. The van der Waals surface area contributed by atoms with E-state index in [4.69, 9.17) is 4.74 Å². The number of rotatable bonds is 5. The minimum Gasteiger partial charge on any atom is -0.444 e. The summed E-state index contributed by atoms with van der Waals surface area (Å²) in [5.41, 5.74) is 0.224. The number of ether oxygens (including phenoxy) is 1. The van der Waals surface area contributed by atoms with Crippen LogP contribution < -0.4 is 5.32 Å². The third-order valence-corrected chi connectivity index (χ3v) is 7.47. The molecule has 2 aromatic rings. The zero-order valence-corrected chi connectivity index (χ0v) is 18.6. The van der Waals surface area contributed by atoms with E-state index >= 15 is 0 Å². The zero-order valence-electron chi connectivity index (χ0n) is 17.8. The van der Waals surface area contributed by atoms with Crippen LogP contribution in [0.25, 0.3) is 0 Å². The molecule has 1 aliphatic rings. The zero-order chi connectivity index (χ0) is 22.3.